The summed E-state index contributed by atoms with van der Waals surface area (Å²) >= 11 is 0. The second-order valence-corrected chi connectivity index (χ2v) is 3.05. The molecule has 0 nitrogen and oxygen atoms in total. The maximum atomic E-state index is 3.15. The molecule has 0 unspecified atom stereocenters. The van der Waals surface area contributed by atoms with Crippen LogP contribution < -0.4 is 0 Å². The Bertz CT molecular complexity index is 188. The van der Waals surface area contributed by atoms with Crippen LogP contribution in [0.1, 0.15) is 31.7 Å². The topological polar surface area (TPSA) is 0 Å². The Morgan fingerprint density at radius 2 is 1.83 bits per heavy atom. The number of unbranched alkanes of at least 4 members (excludes halogenated alkanes) is 3. The van der Waals surface area contributed by atoms with Crippen LogP contribution in [-0.4, -0.2) is 0 Å². The zero-order valence-corrected chi connectivity index (χ0v) is 7.72. The van der Waals surface area contributed by atoms with Crippen LogP contribution in [0.3, 0.4) is 0 Å². The first kappa shape index (κ1) is 9.31. The quantitative estimate of drug-likeness (QED) is 0.578. The van der Waals surface area contributed by atoms with Gasteiger partial charge in [0.05, 0.1) is 0 Å². The second-order valence-electron chi connectivity index (χ2n) is 3.05. The summed E-state index contributed by atoms with van der Waals surface area (Å²) in [4.78, 5) is 0. The van der Waals surface area contributed by atoms with Crippen molar-refractivity contribution in [2.75, 3.05) is 0 Å². The largest absolute Gasteiger partial charge is 0.0622 e. The molecule has 1 rings (SSSR count). The lowest BCUT2D eigenvalue weighted by atomic mass is 10.1. The fourth-order valence-electron chi connectivity index (χ4n) is 1.28. The zero-order chi connectivity index (χ0) is 8.65. The summed E-state index contributed by atoms with van der Waals surface area (Å²) in [7, 11) is 0. The van der Waals surface area contributed by atoms with Gasteiger partial charge in [-0.25, -0.2) is 0 Å². The van der Waals surface area contributed by atoms with Crippen LogP contribution >= 0.6 is 0 Å². The summed E-state index contributed by atoms with van der Waals surface area (Å²) in [6.07, 6.45) is 8.05. The molecule has 0 atom stereocenters. The van der Waals surface area contributed by atoms with Crippen molar-refractivity contribution in [1.82, 2.24) is 0 Å². The van der Waals surface area contributed by atoms with E-state index in [2.05, 4.69) is 36.8 Å². The minimum absolute atomic E-state index is 1.13. The van der Waals surface area contributed by atoms with Crippen molar-refractivity contribution in [3.05, 3.63) is 42.3 Å². The van der Waals surface area contributed by atoms with Crippen LogP contribution in [-0.2, 0) is 6.42 Å². The number of rotatable bonds is 5. The van der Waals surface area contributed by atoms with Crippen LogP contribution in [0.15, 0.2) is 30.3 Å². The molecule has 0 spiro atoms. The van der Waals surface area contributed by atoms with Gasteiger partial charge >= 0.3 is 0 Å². The fraction of sp³-hybridized carbons (Fsp3) is 0.417. The van der Waals surface area contributed by atoms with Crippen molar-refractivity contribution < 1.29 is 0 Å². The Kier molecular flexibility index (Phi) is 4.51. The molecule has 0 heteroatoms. The van der Waals surface area contributed by atoms with Crippen molar-refractivity contribution in [3.8, 4) is 0 Å². The summed E-state index contributed by atoms with van der Waals surface area (Å²) in [5.74, 6) is 0. The molecular weight excluding hydrogens is 144 g/mol. The number of hydrogen-bond donors (Lipinski definition) is 0. The van der Waals surface area contributed by atoms with E-state index in [1.807, 2.05) is 6.92 Å². The van der Waals surface area contributed by atoms with E-state index in [9.17, 15) is 0 Å². The SMILES string of the molecule is C[C]CCCCc1ccccc1. The molecule has 1 aromatic carbocycles. The van der Waals surface area contributed by atoms with Crippen molar-refractivity contribution in [3.63, 3.8) is 0 Å². The van der Waals surface area contributed by atoms with Gasteiger partial charge < -0.3 is 0 Å². The normalized spacial score (nSPS) is 10.1. The van der Waals surface area contributed by atoms with E-state index in [0.29, 0.717) is 0 Å². The van der Waals surface area contributed by atoms with E-state index >= 15 is 0 Å². The predicted octanol–water partition coefficient (Wildman–Crippen LogP) is 3.50. The molecule has 0 aliphatic heterocycles. The summed E-state index contributed by atoms with van der Waals surface area (Å²) in [5, 5.41) is 0. The van der Waals surface area contributed by atoms with Gasteiger partial charge in [-0.15, -0.1) is 0 Å². The number of benzene rings is 1. The third kappa shape index (κ3) is 3.56. The Balaban J connectivity index is 2.16. The van der Waals surface area contributed by atoms with Gasteiger partial charge in [0.15, 0.2) is 0 Å². The van der Waals surface area contributed by atoms with Gasteiger partial charge in [-0.05, 0) is 31.2 Å². The molecule has 64 valence electrons. The van der Waals surface area contributed by atoms with Crippen molar-refractivity contribution >= 4 is 0 Å². The molecule has 0 amide bonds. The van der Waals surface area contributed by atoms with E-state index < -0.39 is 0 Å². The Morgan fingerprint density at radius 1 is 1.08 bits per heavy atom. The molecule has 0 saturated carbocycles. The highest BCUT2D eigenvalue weighted by molar-refractivity contribution is 5.14. The number of aryl methyl sites for hydroxylation is 1. The average molecular weight is 160 g/mol. The molecule has 0 heterocycles. The van der Waals surface area contributed by atoms with Crippen LogP contribution in [0.25, 0.3) is 0 Å². The van der Waals surface area contributed by atoms with Gasteiger partial charge in [0.2, 0.25) is 0 Å². The standard InChI is InChI=1S/C12H16/c1-2-3-4-6-9-12-10-7-5-8-11-12/h5,7-8,10-11H,3-4,6,9H2,1H3. The van der Waals surface area contributed by atoms with Gasteiger partial charge in [0.1, 0.15) is 0 Å². The van der Waals surface area contributed by atoms with Crippen LogP contribution in [0.2, 0.25) is 0 Å². The van der Waals surface area contributed by atoms with Gasteiger partial charge in [0.25, 0.3) is 0 Å². The molecule has 12 heavy (non-hydrogen) atoms. The predicted molar refractivity (Wildman–Crippen MR) is 52.9 cm³/mol. The Hall–Kier alpha value is -0.780. The first-order valence-corrected chi connectivity index (χ1v) is 4.62. The molecular formula is C12H16. The highest BCUT2D eigenvalue weighted by Crippen LogP contribution is 2.06. The lowest BCUT2D eigenvalue weighted by Gasteiger charge is -1.99. The molecule has 2 radical (unpaired) electrons. The monoisotopic (exact) mass is 160 g/mol. The van der Waals surface area contributed by atoms with Gasteiger partial charge in [0, 0.05) is 0 Å². The Labute approximate surface area is 75.6 Å². The summed E-state index contributed by atoms with van der Waals surface area (Å²) in [5.41, 5.74) is 1.45. The molecule has 0 bridgehead atoms. The Morgan fingerprint density at radius 3 is 2.50 bits per heavy atom. The zero-order valence-electron chi connectivity index (χ0n) is 7.72. The van der Waals surface area contributed by atoms with Gasteiger partial charge in [-0.1, -0.05) is 43.7 Å². The maximum Gasteiger partial charge on any atom is -0.0207 e. The molecule has 0 N–H and O–H groups in total. The van der Waals surface area contributed by atoms with Crippen molar-refractivity contribution in [2.45, 2.75) is 32.6 Å². The number of hydrogen-bond acceptors (Lipinski definition) is 0. The lowest BCUT2D eigenvalue weighted by Crippen LogP contribution is -1.84. The molecule has 0 aromatic heterocycles. The van der Waals surface area contributed by atoms with E-state index in [4.69, 9.17) is 0 Å². The molecule has 0 saturated heterocycles. The van der Waals surface area contributed by atoms with Crippen LogP contribution in [0, 0.1) is 6.42 Å². The van der Waals surface area contributed by atoms with E-state index in [1.54, 1.807) is 0 Å². The van der Waals surface area contributed by atoms with E-state index in [1.165, 1.54) is 24.8 Å². The third-order valence-electron chi connectivity index (χ3n) is 1.99. The van der Waals surface area contributed by atoms with Crippen LogP contribution in [0.4, 0.5) is 0 Å². The molecule has 0 aliphatic rings. The highest BCUT2D eigenvalue weighted by Gasteiger charge is 1.90. The van der Waals surface area contributed by atoms with Crippen molar-refractivity contribution in [1.29, 1.82) is 0 Å². The maximum absolute atomic E-state index is 3.15. The summed E-state index contributed by atoms with van der Waals surface area (Å²) in [6.45, 7) is 2.00. The fourth-order valence-corrected chi connectivity index (χ4v) is 1.28. The first-order valence-electron chi connectivity index (χ1n) is 4.62. The summed E-state index contributed by atoms with van der Waals surface area (Å²) < 4.78 is 0. The van der Waals surface area contributed by atoms with Crippen LogP contribution in [0.5, 0.6) is 0 Å². The smallest absolute Gasteiger partial charge is 0.0207 e. The average Bonchev–Trinajstić information content (AvgIpc) is 2.14. The van der Waals surface area contributed by atoms with Gasteiger partial charge in [-0.2, -0.15) is 0 Å². The van der Waals surface area contributed by atoms with E-state index in [0.717, 1.165) is 6.42 Å². The minimum atomic E-state index is 1.13. The molecule has 1 aromatic rings. The van der Waals surface area contributed by atoms with Gasteiger partial charge in [-0.3, -0.25) is 0 Å². The summed E-state index contributed by atoms with van der Waals surface area (Å²) in [6, 6.07) is 10.7. The van der Waals surface area contributed by atoms with Crippen molar-refractivity contribution in [2.24, 2.45) is 0 Å². The first-order chi connectivity index (χ1) is 5.93. The van der Waals surface area contributed by atoms with E-state index in [-0.39, 0.29) is 0 Å². The minimum Gasteiger partial charge on any atom is -0.0622 e. The molecule has 0 fully saturated rings. The second kappa shape index (κ2) is 5.82. The lowest BCUT2D eigenvalue weighted by molar-refractivity contribution is 0.727. The highest BCUT2D eigenvalue weighted by atomic mass is 14.0. The molecule has 0 aliphatic carbocycles. The third-order valence-corrected chi connectivity index (χ3v) is 1.99.